The number of para-hydroxylation sites is 2. The third-order valence-corrected chi connectivity index (χ3v) is 6.52. The number of imidazole rings is 1. The molecule has 1 aliphatic carbocycles. The minimum atomic E-state index is -0.785. The number of anilines is 1. The summed E-state index contributed by atoms with van der Waals surface area (Å²) in [5, 5.41) is 2.73. The first-order chi connectivity index (χ1) is 15.5. The highest BCUT2D eigenvalue weighted by molar-refractivity contribution is 6.10. The molecule has 1 aromatic carbocycles. The Morgan fingerprint density at radius 2 is 1.84 bits per heavy atom. The van der Waals surface area contributed by atoms with Crippen molar-refractivity contribution in [3.8, 4) is 5.82 Å². The number of urea groups is 1. The number of benzene rings is 1. The van der Waals surface area contributed by atoms with E-state index in [-0.39, 0.29) is 12.5 Å². The number of imide groups is 1. The van der Waals surface area contributed by atoms with Crippen molar-refractivity contribution in [2.45, 2.75) is 37.6 Å². The Morgan fingerprint density at radius 3 is 2.59 bits per heavy atom. The Kier molecular flexibility index (Phi) is 4.88. The van der Waals surface area contributed by atoms with Crippen LogP contribution in [0.2, 0.25) is 0 Å². The van der Waals surface area contributed by atoms with Crippen LogP contribution in [0.4, 0.5) is 10.5 Å². The van der Waals surface area contributed by atoms with Crippen molar-refractivity contribution < 1.29 is 14.4 Å². The fraction of sp³-hybridized carbons (Fsp3) is 0.348. The van der Waals surface area contributed by atoms with E-state index in [1.807, 2.05) is 28.8 Å². The standard InChI is InChI=1S/C23H24N6O3/c1-27-22(32)28(21(31)23(27)11-5-2-6-12-23)14-20(30)26-16-9-10-19(24-13-16)29-15-25-17-7-3-4-8-18(17)29/h3-4,7-10,13,15H,2,5-6,11-12,14H2,1H3,(H,26,30). The van der Waals surface area contributed by atoms with Gasteiger partial charge in [-0.05, 0) is 37.1 Å². The lowest BCUT2D eigenvalue weighted by Gasteiger charge is -2.35. The number of aromatic nitrogens is 3. The summed E-state index contributed by atoms with van der Waals surface area (Å²) in [6, 6.07) is 10.8. The summed E-state index contributed by atoms with van der Waals surface area (Å²) < 4.78 is 1.86. The number of hydrogen-bond donors (Lipinski definition) is 1. The average molecular weight is 432 g/mol. The Morgan fingerprint density at radius 1 is 1.06 bits per heavy atom. The molecule has 1 saturated carbocycles. The second-order valence-electron chi connectivity index (χ2n) is 8.38. The first kappa shape index (κ1) is 20.2. The lowest BCUT2D eigenvalue weighted by molar-refractivity contribution is -0.136. The highest BCUT2D eigenvalue weighted by Crippen LogP contribution is 2.39. The van der Waals surface area contributed by atoms with Crippen LogP contribution in [-0.2, 0) is 9.59 Å². The summed E-state index contributed by atoms with van der Waals surface area (Å²) in [6.45, 7) is -0.308. The van der Waals surface area contributed by atoms with E-state index in [0.29, 0.717) is 24.3 Å². The number of amides is 4. The van der Waals surface area contributed by atoms with Crippen molar-refractivity contribution in [2.75, 3.05) is 18.9 Å². The number of nitrogens with one attached hydrogen (secondary N) is 1. The number of pyridine rings is 1. The van der Waals surface area contributed by atoms with Crippen molar-refractivity contribution in [2.24, 2.45) is 0 Å². The summed E-state index contributed by atoms with van der Waals surface area (Å²) in [6.07, 6.45) is 7.44. The molecule has 164 valence electrons. The van der Waals surface area contributed by atoms with Gasteiger partial charge in [-0.2, -0.15) is 0 Å². The van der Waals surface area contributed by atoms with Crippen molar-refractivity contribution in [3.05, 3.63) is 48.9 Å². The van der Waals surface area contributed by atoms with Gasteiger partial charge in [0.05, 0.1) is 22.9 Å². The SMILES string of the molecule is CN1C(=O)N(CC(=O)Nc2ccc(-n3cnc4ccccc43)nc2)C(=O)C12CCCCC2. The van der Waals surface area contributed by atoms with E-state index in [9.17, 15) is 14.4 Å². The minimum Gasteiger partial charge on any atom is -0.323 e. The maximum absolute atomic E-state index is 13.0. The molecule has 0 atom stereocenters. The number of rotatable bonds is 4. The molecular weight excluding hydrogens is 408 g/mol. The molecule has 1 spiro atoms. The number of nitrogens with zero attached hydrogens (tertiary/aromatic N) is 5. The number of hydrogen-bond acceptors (Lipinski definition) is 5. The molecule has 9 heteroatoms. The summed E-state index contributed by atoms with van der Waals surface area (Å²) in [4.78, 5) is 49.7. The monoisotopic (exact) mass is 432 g/mol. The van der Waals surface area contributed by atoms with Gasteiger partial charge in [-0.1, -0.05) is 31.4 Å². The van der Waals surface area contributed by atoms with Gasteiger partial charge in [0.1, 0.15) is 24.2 Å². The average Bonchev–Trinajstić information content (AvgIpc) is 3.32. The third kappa shape index (κ3) is 3.21. The topological polar surface area (TPSA) is 100 Å². The van der Waals surface area contributed by atoms with Crippen LogP contribution < -0.4 is 5.32 Å². The second-order valence-corrected chi connectivity index (χ2v) is 8.38. The smallest absolute Gasteiger partial charge is 0.323 e. The van der Waals surface area contributed by atoms with Crippen LogP contribution in [-0.4, -0.2) is 61.3 Å². The van der Waals surface area contributed by atoms with Crippen molar-refractivity contribution in [3.63, 3.8) is 0 Å². The molecule has 32 heavy (non-hydrogen) atoms. The second kappa shape index (κ2) is 7.74. The van der Waals surface area contributed by atoms with E-state index in [0.717, 1.165) is 35.2 Å². The molecule has 0 radical (unpaired) electrons. The molecule has 5 rings (SSSR count). The maximum Gasteiger partial charge on any atom is 0.327 e. The number of fused-ring (bicyclic) bond motifs is 1. The lowest BCUT2D eigenvalue weighted by Crippen LogP contribution is -2.49. The van der Waals surface area contributed by atoms with E-state index in [2.05, 4.69) is 15.3 Å². The lowest BCUT2D eigenvalue weighted by atomic mass is 9.81. The molecule has 1 N–H and O–H groups in total. The van der Waals surface area contributed by atoms with Gasteiger partial charge >= 0.3 is 6.03 Å². The quantitative estimate of drug-likeness (QED) is 0.639. The molecule has 3 heterocycles. The molecule has 1 saturated heterocycles. The molecule has 0 bridgehead atoms. The number of likely N-dealkylation sites (N-methyl/N-ethyl adjacent to an activating group) is 1. The van der Waals surface area contributed by atoms with E-state index >= 15 is 0 Å². The van der Waals surface area contributed by atoms with Gasteiger partial charge in [-0.15, -0.1) is 0 Å². The van der Waals surface area contributed by atoms with Crippen LogP contribution >= 0.6 is 0 Å². The maximum atomic E-state index is 13.0. The molecule has 9 nitrogen and oxygen atoms in total. The first-order valence-electron chi connectivity index (χ1n) is 10.8. The summed E-state index contributed by atoms with van der Waals surface area (Å²) in [7, 11) is 1.66. The van der Waals surface area contributed by atoms with Crippen LogP contribution in [0.25, 0.3) is 16.9 Å². The zero-order valence-electron chi connectivity index (χ0n) is 17.8. The molecule has 1 aliphatic heterocycles. The molecule has 2 aromatic heterocycles. The zero-order valence-corrected chi connectivity index (χ0v) is 17.8. The highest BCUT2D eigenvalue weighted by atomic mass is 16.2. The van der Waals surface area contributed by atoms with Gasteiger partial charge in [0.2, 0.25) is 5.91 Å². The minimum absolute atomic E-state index is 0.264. The Hall–Kier alpha value is -3.75. The van der Waals surface area contributed by atoms with Gasteiger partial charge in [0, 0.05) is 7.05 Å². The van der Waals surface area contributed by atoms with Gasteiger partial charge in [-0.3, -0.25) is 19.1 Å². The van der Waals surface area contributed by atoms with Crippen molar-refractivity contribution >= 4 is 34.6 Å². The Bertz CT molecular complexity index is 1200. The predicted octanol–water partition coefficient (Wildman–Crippen LogP) is 2.96. The molecular formula is C23H24N6O3. The summed E-state index contributed by atoms with van der Waals surface area (Å²) >= 11 is 0. The van der Waals surface area contributed by atoms with Crippen molar-refractivity contribution in [1.29, 1.82) is 0 Å². The molecule has 2 fully saturated rings. The van der Waals surface area contributed by atoms with Crippen LogP contribution in [0.15, 0.2) is 48.9 Å². The summed E-state index contributed by atoms with van der Waals surface area (Å²) in [5.74, 6) is -0.0293. The van der Waals surface area contributed by atoms with Crippen LogP contribution in [0.3, 0.4) is 0 Å². The van der Waals surface area contributed by atoms with Crippen LogP contribution in [0.5, 0.6) is 0 Å². The van der Waals surface area contributed by atoms with Gasteiger partial charge in [0.15, 0.2) is 0 Å². The fourth-order valence-corrected chi connectivity index (χ4v) is 4.76. The van der Waals surface area contributed by atoms with Crippen LogP contribution in [0, 0.1) is 0 Å². The zero-order chi connectivity index (χ0) is 22.3. The van der Waals surface area contributed by atoms with E-state index in [1.54, 1.807) is 31.7 Å². The normalized spacial score (nSPS) is 18.0. The third-order valence-electron chi connectivity index (χ3n) is 6.52. The molecule has 2 aliphatic rings. The Balaban J connectivity index is 1.27. The van der Waals surface area contributed by atoms with Gasteiger partial charge in [0.25, 0.3) is 5.91 Å². The predicted molar refractivity (Wildman–Crippen MR) is 118 cm³/mol. The van der Waals surface area contributed by atoms with Gasteiger partial charge < -0.3 is 10.2 Å². The largest absolute Gasteiger partial charge is 0.327 e. The molecule has 3 aromatic rings. The van der Waals surface area contributed by atoms with E-state index in [1.165, 1.54) is 4.90 Å². The van der Waals surface area contributed by atoms with Gasteiger partial charge in [-0.25, -0.2) is 14.8 Å². The first-order valence-corrected chi connectivity index (χ1v) is 10.8. The summed E-state index contributed by atoms with van der Waals surface area (Å²) in [5.41, 5.74) is 1.51. The van der Waals surface area contributed by atoms with Crippen LogP contribution in [0.1, 0.15) is 32.1 Å². The Labute approximate surface area is 185 Å². The molecule has 4 amide bonds. The number of carbonyl (C=O) groups excluding carboxylic acids is 3. The van der Waals surface area contributed by atoms with E-state index < -0.39 is 17.5 Å². The van der Waals surface area contributed by atoms with E-state index in [4.69, 9.17) is 0 Å². The van der Waals surface area contributed by atoms with Crippen molar-refractivity contribution in [1.82, 2.24) is 24.3 Å². The molecule has 0 unspecified atom stereocenters. The number of carbonyl (C=O) groups is 3. The highest BCUT2D eigenvalue weighted by Gasteiger charge is 2.55. The fourth-order valence-electron chi connectivity index (χ4n) is 4.76.